The highest BCUT2D eigenvalue weighted by molar-refractivity contribution is 5.92. The molecule has 9 heteroatoms. The Hall–Kier alpha value is -3.10. The zero-order valence-corrected chi connectivity index (χ0v) is 20.8. The van der Waals surface area contributed by atoms with Gasteiger partial charge < -0.3 is 26.0 Å². The lowest BCUT2D eigenvalue weighted by atomic mass is 9.96. The lowest BCUT2D eigenvalue weighted by molar-refractivity contribution is -0.132. The van der Waals surface area contributed by atoms with Gasteiger partial charge in [0.15, 0.2) is 0 Å². The summed E-state index contributed by atoms with van der Waals surface area (Å²) in [5, 5.41) is 11.0. The van der Waals surface area contributed by atoms with Crippen molar-refractivity contribution < 1.29 is 23.9 Å². The molecule has 1 heterocycles. The quantitative estimate of drug-likeness (QED) is 0.414. The van der Waals surface area contributed by atoms with Crippen molar-refractivity contribution in [3.8, 4) is 0 Å². The molecule has 2 rings (SSSR count). The Morgan fingerprint density at radius 3 is 2.29 bits per heavy atom. The monoisotopic (exact) mass is 474 g/mol. The average Bonchev–Trinajstić information content (AvgIpc) is 3.15. The molecule has 0 spiro atoms. The van der Waals surface area contributed by atoms with Gasteiger partial charge in [0.25, 0.3) is 0 Å². The highest BCUT2D eigenvalue weighted by Gasteiger charge is 2.34. The molecule has 4 amide bonds. The first kappa shape index (κ1) is 27.1. The second-order valence-corrected chi connectivity index (χ2v) is 10.2. The third kappa shape index (κ3) is 9.41. The molecule has 0 radical (unpaired) electrons. The average molecular weight is 475 g/mol. The van der Waals surface area contributed by atoms with Crippen LogP contribution in [-0.2, 0) is 25.7 Å². The van der Waals surface area contributed by atoms with Crippen molar-refractivity contribution in [2.45, 2.75) is 78.1 Å². The molecule has 0 aromatic heterocycles. The maximum Gasteiger partial charge on any atom is 0.408 e. The van der Waals surface area contributed by atoms with Gasteiger partial charge in [-0.15, -0.1) is 0 Å². The lowest BCUT2D eigenvalue weighted by Crippen LogP contribution is -2.57. The summed E-state index contributed by atoms with van der Waals surface area (Å²) in [4.78, 5) is 50.6. The summed E-state index contributed by atoms with van der Waals surface area (Å²) < 4.78 is 5.27. The summed E-state index contributed by atoms with van der Waals surface area (Å²) >= 11 is 0. The topological polar surface area (TPSA) is 126 Å². The van der Waals surface area contributed by atoms with Crippen molar-refractivity contribution in [3.05, 3.63) is 35.9 Å². The van der Waals surface area contributed by atoms with E-state index in [9.17, 15) is 19.2 Å². The first-order valence-electron chi connectivity index (χ1n) is 11.8. The summed E-state index contributed by atoms with van der Waals surface area (Å²) in [6, 6.07) is 7.45. The molecule has 1 unspecified atom stereocenters. The van der Waals surface area contributed by atoms with Crippen molar-refractivity contribution in [1.82, 2.24) is 21.3 Å². The van der Waals surface area contributed by atoms with Crippen LogP contribution < -0.4 is 21.3 Å². The van der Waals surface area contributed by atoms with E-state index in [1.165, 1.54) is 0 Å². The van der Waals surface area contributed by atoms with Crippen LogP contribution in [0.4, 0.5) is 4.79 Å². The smallest absolute Gasteiger partial charge is 0.408 e. The van der Waals surface area contributed by atoms with E-state index >= 15 is 0 Å². The Bertz CT molecular complexity index is 851. The zero-order chi connectivity index (χ0) is 25.3. The molecule has 1 aromatic carbocycles. The molecule has 1 saturated heterocycles. The maximum atomic E-state index is 13.2. The maximum absolute atomic E-state index is 13.2. The largest absolute Gasteiger partial charge is 0.445 e. The molecular formula is C25H38N4O5. The number of carbonyl (C=O) groups excluding carboxylic acids is 4. The normalized spacial score (nSPS) is 17.5. The molecule has 0 bridgehead atoms. The van der Waals surface area contributed by atoms with Gasteiger partial charge in [-0.1, -0.05) is 44.2 Å². The van der Waals surface area contributed by atoms with Gasteiger partial charge in [-0.3, -0.25) is 14.4 Å². The van der Waals surface area contributed by atoms with Crippen molar-refractivity contribution in [2.75, 3.05) is 6.54 Å². The molecule has 0 saturated carbocycles. The van der Waals surface area contributed by atoms with E-state index in [4.69, 9.17) is 4.74 Å². The summed E-state index contributed by atoms with van der Waals surface area (Å²) in [5.74, 6) is -1.23. The first-order chi connectivity index (χ1) is 15.9. The van der Waals surface area contributed by atoms with E-state index in [0.717, 1.165) is 5.56 Å². The zero-order valence-electron chi connectivity index (χ0n) is 20.8. The van der Waals surface area contributed by atoms with Gasteiger partial charge in [0, 0.05) is 18.0 Å². The van der Waals surface area contributed by atoms with Gasteiger partial charge in [-0.25, -0.2) is 4.79 Å². The molecule has 188 valence electrons. The van der Waals surface area contributed by atoms with Crippen LogP contribution in [0.1, 0.15) is 59.4 Å². The molecule has 1 aliphatic heterocycles. The number of rotatable bonds is 10. The molecular weight excluding hydrogens is 436 g/mol. The molecule has 0 aliphatic carbocycles. The van der Waals surface area contributed by atoms with Crippen molar-refractivity contribution >= 4 is 23.8 Å². The summed E-state index contributed by atoms with van der Waals surface area (Å²) in [6.45, 7) is 10.0. The van der Waals surface area contributed by atoms with Gasteiger partial charge in [0.05, 0.1) is 0 Å². The fourth-order valence-corrected chi connectivity index (χ4v) is 3.72. The van der Waals surface area contributed by atoms with Gasteiger partial charge in [0.1, 0.15) is 18.7 Å². The molecule has 34 heavy (non-hydrogen) atoms. The molecule has 1 aromatic rings. The van der Waals surface area contributed by atoms with E-state index in [-0.39, 0.29) is 36.7 Å². The van der Waals surface area contributed by atoms with Gasteiger partial charge in [0.2, 0.25) is 17.7 Å². The third-order valence-electron chi connectivity index (χ3n) is 5.34. The predicted octanol–water partition coefficient (Wildman–Crippen LogP) is 2.25. The number of ether oxygens (including phenoxy) is 1. The minimum absolute atomic E-state index is 0.0795. The number of benzene rings is 1. The number of hydrogen-bond donors (Lipinski definition) is 4. The fraction of sp³-hybridized carbons (Fsp3) is 0.600. The van der Waals surface area contributed by atoms with Crippen LogP contribution >= 0.6 is 0 Å². The van der Waals surface area contributed by atoms with Crippen LogP contribution in [0, 0.1) is 11.8 Å². The minimum Gasteiger partial charge on any atom is -0.445 e. The van der Waals surface area contributed by atoms with Crippen LogP contribution in [0.5, 0.6) is 0 Å². The Labute approximate surface area is 201 Å². The number of nitrogens with one attached hydrogen (secondary N) is 4. The Morgan fingerprint density at radius 1 is 1.06 bits per heavy atom. The number of hydrogen-bond acceptors (Lipinski definition) is 5. The number of amides is 4. The fourth-order valence-electron chi connectivity index (χ4n) is 3.72. The highest BCUT2D eigenvalue weighted by Crippen LogP contribution is 2.17. The third-order valence-corrected chi connectivity index (χ3v) is 5.34. The van der Waals surface area contributed by atoms with E-state index in [1.54, 1.807) is 0 Å². The molecule has 3 atom stereocenters. The SMILES string of the molecule is CC(C)C[C@@H](NC(=O)OCc1ccccc1)C(=O)N[C@H](CC1CCNC1=O)C(=O)NC(C)(C)C. The highest BCUT2D eigenvalue weighted by atomic mass is 16.5. The van der Waals surface area contributed by atoms with Crippen LogP contribution in [0.3, 0.4) is 0 Å². The molecule has 1 fully saturated rings. The van der Waals surface area contributed by atoms with Crippen LogP contribution in [0.15, 0.2) is 30.3 Å². The Balaban J connectivity index is 2.07. The van der Waals surface area contributed by atoms with E-state index < -0.39 is 29.6 Å². The summed E-state index contributed by atoms with van der Waals surface area (Å²) in [5.41, 5.74) is 0.325. The minimum atomic E-state index is -0.905. The predicted molar refractivity (Wildman–Crippen MR) is 129 cm³/mol. The second-order valence-electron chi connectivity index (χ2n) is 10.2. The Morgan fingerprint density at radius 2 is 1.74 bits per heavy atom. The van der Waals surface area contributed by atoms with Crippen LogP contribution in [0.2, 0.25) is 0 Å². The molecule has 1 aliphatic rings. The van der Waals surface area contributed by atoms with E-state index in [1.807, 2.05) is 65.0 Å². The lowest BCUT2D eigenvalue weighted by Gasteiger charge is -2.28. The van der Waals surface area contributed by atoms with Crippen molar-refractivity contribution in [1.29, 1.82) is 0 Å². The van der Waals surface area contributed by atoms with Crippen molar-refractivity contribution in [2.24, 2.45) is 11.8 Å². The van der Waals surface area contributed by atoms with Gasteiger partial charge in [-0.05, 0) is 51.5 Å². The molecule has 9 nitrogen and oxygen atoms in total. The molecule has 4 N–H and O–H groups in total. The number of carbonyl (C=O) groups is 4. The number of alkyl carbamates (subject to hydrolysis) is 1. The van der Waals surface area contributed by atoms with E-state index in [2.05, 4.69) is 21.3 Å². The standard InChI is InChI=1S/C25H38N4O5/c1-16(2)13-19(28-24(33)34-15-17-9-7-6-8-10-17)22(31)27-20(23(32)29-25(3,4)5)14-18-11-12-26-21(18)30/h6-10,16,18-20H,11-15H2,1-5H3,(H,26,30)(H,27,31)(H,28,33)(H,29,32)/t18?,19-,20-/m1/s1. The van der Waals surface area contributed by atoms with Gasteiger partial charge in [-0.2, -0.15) is 0 Å². The Kier molecular flexibility index (Phi) is 9.89. The van der Waals surface area contributed by atoms with Crippen LogP contribution in [0.25, 0.3) is 0 Å². The first-order valence-corrected chi connectivity index (χ1v) is 11.8. The van der Waals surface area contributed by atoms with Crippen LogP contribution in [-0.4, -0.2) is 48.0 Å². The summed E-state index contributed by atoms with van der Waals surface area (Å²) in [7, 11) is 0. The second kappa shape index (κ2) is 12.4. The van der Waals surface area contributed by atoms with E-state index in [0.29, 0.717) is 19.4 Å². The van der Waals surface area contributed by atoms with Gasteiger partial charge >= 0.3 is 6.09 Å². The summed E-state index contributed by atoms with van der Waals surface area (Å²) in [6.07, 6.45) is 0.444. The van der Waals surface area contributed by atoms with Crippen molar-refractivity contribution in [3.63, 3.8) is 0 Å².